The Labute approximate surface area is 128 Å². The van der Waals surface area contributed by atoms with Gasteiger partial charge >= 0.3 is 0 Å². The molecule has 2 heterocycles. The van der Waals surface area contributed by atoms with Gasteiger partial charge in [-0.25, -0.2) is 10.8 Å². The Morgan fingerprint density at radius 1 is 1.14 bits per heavy atom. The Kier molecular flexibility index (Phi) is 3.95. The van der Waals surface area contributed by atoms with E-state index < -0.39 is 0 Å². The van der Waals surface area contributed by atoms with E-state index in [-0.39, 0.29) is 5.95 Å². The van der Waals surface area contributed by atoms with Crippen LogP contribution in [-0.4, -0.2) is 29.7 Å². The molecule has 0 aliphatic rings. The zero-order chi connectivity index (χ0) is 14.7. The molecule has 0 saturated carbocycles. The van der Waals surface area contributed by atoms with Crippen molar-refractivity contribution in [2.45, 2.75) is 10.1 Å². The first-order valence-electron chi connectivity index (χ1n) is 5.76. The number of nitrogens with two attached hydrogens (primary N) is 1. The van der Waals surface area contributed by atoms with Gasteiger partial charge in [0.25, 0.3) is 5.95 Å². The number of hydrogen-bond donors (Lipinski definition) is 2. The highest BCUT2D eigenvalue weighted by Crippen LogP contribution is 2.26. The van der Waals surface area contributed by atoms with Crippen LogP contribution in [0.3, 0.4) is 0 Å². The maximum absolute atomic E-state index is 5.86. The van der Waals surface area contributed by atoms with E-state index in [0.717, 1.165) is 4.90 Å². The lowest BCUT2D eigenvalue weighted by molar-refractivity contribution is 0.759. The molecule has 0 amide bonds. The average molecular weight is 321 g/mol. The SMILES string of the molecule is NNc1nc(Sc2ccc(Cl)cc2)nc(-n2cncn2)n1. The zero-order valence-corrected chi connectivity index (χ0v) is 12.1. The summed E-state index contributed by atoms with van der Waals surface area (Å²) in [5.74, 6) is 5.95. The minimum atomic E-state index is 0.243. The van der Waals surface area contributed by atoms with Crippen molar-refractivity contribution in [3.05, 3.63) is 41.9 Å². The third-order valence-corrected chi connectivity index (χ3v) is 3.50. The lowest BCUT2D eigenvalue weighted by atomic mass is 10.4. The summed E-state index contributed by atoms with van der Waals surface area (Å²) >= 11 is 7.22. The number of anilines is 1. The van der Waals surface area contributed by atoms with Crippen LogP contribution in [0.2, 0.25) is 5.02 Å². The van der Waals surface area contributed by atoms with Gasteiger partial charge in [-0.2, -0.15) is 24.7 Å². The summed E-state index contributed by atoms with van der Waals surface area (Å²) in [6.45, 7) is 0. The molecule has 10 heteroatoms. The molecule has 0 unspecified atom stereocenters. The fourth-order valence-corrected chi connectivity index (χ4v) is 2.35. The van der Waals surface area contributed by atoms with E-state index >= 15 is 0 Å². The molecule has 3 rings (SSSR count). The van der Waals surface area contributed by atoms with Crippen molar-refractivity contribution < 1.29 is 0 Å². The van der Waals surface area contributed by atoms with Crippen molar-refractivity contribution in [1.82, 2.24) is 29.7 Å². The van der Waals surface area contributed by atoms with Gasteiger partial charge in [-0.3, -0.25) is 5.43 Å². The number of nitrogens with zero attached hydrogens (tertiary/aromatic N) is 6. The molecule has 0 aliphatic heterocycles. The predicted octanol–water partition coefficient (Wildman–Crippen LogP) is 1.54. The average Bonchev–Trinajstić information content (AvgIpc) is 3.04. The van der Waals surface area contributed by atoms with Crippen molar-refractivity contribution in [3.63, 3.8) is 0 Å². The molecule has 3 N–H and O–H groups in total. The van der Waals surface area contributed by atoms with E-state index in [1.54, 1.807) is 12.1 Å². The molecule has 0 spiro atoms. The molecule has 21 heavy (non-hydrogen) atoms. The molecule has 0 bridgehead atoms. The third-order valence-electron chi connectivity index (χ3n) is 2.38. The van der Waals surface area contributed by atoms with E-state index in [4.69, 9.17) is 17.4 Å². The summed E-state index contributed by atoms with van der Waals surface area (Å²) in [6.07, 6.45) is 2.89. The van der Waals surface area contributed by atoms with Crippen LogP contribution in [0.5, 0.6) is 0 Å². The molecule has 106 valence electrons. The highest BCUT2D eigenvalue weighted by molar-refractivity contribution is 7.99. The summed E-state index contributed by atoms with van der Waals surface area (Å²) < 4.78 is 1.43. The van der Waals surface area contributed by atoms with Crippen molar-refractivity contribution in [1.29, 1.82) is 0 Å². The van der Waals surface area contributed by atoms with Gasteiger partial charge in [0.1, 0.15) is 12.7 Å². The van der Waals surface area contributed by atoms with Crippen LogP contribution in [0.15, 0.2) is 47.0 Å². The van der Waals surface area contributed by atoms with Crippen LogP contribution in [-0.2, 0) is 0 Å². The number of halogens is 1. The summed E-state index contributed by atoms with van der Waals surface area (Å²) in [5, 5.41) is 5.13. The van der Waals surface area contributed by atoms with Crippen LogP contribution in [0, 0.1) is 0 Å². The van der Waals surface area contributed by atoms with Gasteiger partial charge in [0, 0.05) is 9.92 Å². The zero-order valence-electron chi connectivity index (χ0n) is 10.5. The molecule has 0 fully saturated rings. The van der Waals surface area contributed by atoms with Crippen LogP contribution in [0.1, 0.15) is 0 Å². The first-order valence-corrected chi connectivity index (χ1v) is 6.95. The number of nitrogen functional groups attached to an aromatic ring is 1. The first kappa shape index (κ1) is 13.7. The Morgan fingerprint density at radius 3 is 2.62 bits per heavy atom. The second-order valence-electron chi connectivity index (χ2n) is 3.78. The topological polar surface area (TPSA) is 107 Å². The molecule has 0 radical (unpaired) electrons. The van der Waals surface area contributed by atoms with Crippen LogP contribution in [0.4, 0.5) is 5.95 Å². The number of aromatic nitrogens is 6. The molecular formula is C11H9ClN8S. The monoisotopic (exact) mass is 320 g/mol. The van der Waals surface area contributed by atoms with E-state index in [0.29, 0.717) is 16.1 Å². The Morgan fingerprint density at radius 2 is 1.95 bits per heavy atom. The Hall–Kier alpha value is -2.23. The number of nitrogens with one attached hydrogen (secondary N) is 1. The van der Waals surface area contributed by atoms with Crippen molar-refractivity contribution in [2.24, 2.45) is 5.84 Å². The van der Waals surface area contributed by atoms with E-state index in [1.165, 1.54) is 29.1 Å². The number of benzene rings is 1. The molecular weight excluding hydrogens is 312 g/mol. The lowest BCUT2D eigenvalue weighted by Gasteiger charge is -2.05. The van der Waals surface area contributed by atoms with E-state index in [9.17, 15) is 0 Å². The maximum Gasteiger partial charge on any atom is 0.257 e. The first-order chi connectivity index (χ1) is 10.2. The predicted molar refractivity (Wildman–Crippen MR) is 78.1 cm³/mol. The van der Waals surface area contributed by atoms with Gasteiger partial charge in [0.15, 0.2) is 5.16 Å². The number of rotatable bonds is 4. The highest BCUT2D eigenvalue weighted by atomic mass is 35.5. The molecule has 0 atom stereocenters. The normalized spacial score (nSPS) is 10.6. The second kappa shape index (κ2) is 6.04. The van der Waals surface area contributed by atoms with Gasteiger partial charge in [-0.1, -0.05) is 11.6 Å². The van der Waals surface area contributed by atoms with Crippen molar-refractivity contribution in [3.8, 4) is 5.95 Å². The molecule has 3 aromatic rings. The van der Waals surface area contributed by atoms with Gasteiger partial charge in [-0.05, 0) is 36.0 Å². The largest absolute Gasteiger partial charge is 0.292 e. The van der Waals surface area contributed by atoms with Crippen LogP contribution < -0.4 is 11.3 Å². The van der Waals surface area contributed by atoms with Gasteiger partial charge in [0.2, 0.25) is 5.95 Å². The standard InChI is InChI=1S/C11H9ClN8S/c12-7-1-3-8(4-2-7)21-11-17-9(19-13)16-10(18-11)20-6-14-5-15-20/h1-6H,13H2,(H,16,17,18,19). The van der Waals surface area contributed by atoms with Gasteiger partial charge < -0.3 is 0 Å². The van der Waals surface area contributed by atoms with Crippen molar-refractivity contribution in [2.75, 3.05) is 5.43 Å². The summed E-state index contributed by atoms with van der Waals surface area (Å²) in [7, 11) is 0. The Bertz CT molecular complexity index is 730. The minimum absolute atomic E-state index is 0.243. The Balaban J connectivity index is 1.94. The summed E-state index contributed by atoms with van der Waals surface area (Å²) in [4.78, 5) is 17.4. The molecule has 1 aromatic carbocycles. The van der Waals surface area contributed by atoms with Crippen LogP contribution in [0.25, 0.3) is 5.95 Å². The second-order valence-corrected chi connectivity index (χ2v) is 5.26. The number of hydrazine groups is 1. The molecule has 0 saturated heterocycles. The van der Waals surface area contributed by atoms with Gasteiger partial charge in [0.05, 0.1) is 0 Å². The smallest absolute Gasteiger partial charge is 0.257 e. The molecule has 8 nitrogen and oxygen atoms in total. The fourth-order valence-electron chi connectivity index (χ4n) is 1.48. The quantitative estimate of drug-likeness (QED) is 0.550. The maximum atomic E-state index is 5.86. The van der Waals surface area contributed by atoms with E-state index in [1.807, 2.05) is 12.1 Å². The summed E-state index contributed by atoms with van der Waals surface area (Å²) in [6, 6.07) is 7.35. The third kappa shape index (κ3) is 3.27. The lowest BCUT2D eigenvalue weighted by Crippen LogP contribution is -2.14. The van der Waals surface area contributed by atoms with Gasteiger partial charge in [-0.15, -0.1) is 0 Å². The highest BCUT2D eigenvalue weighted by Gasteiger charge is 2.09. The molecule has 2 aromatic heterocycles. The number of hydrogen-bond acceptors (Lipinski definition) is 8. The van der Waals surface area contributed by atoms with E-state index in [2.05, 4.69) is 30.5 Å². The summed E-state index contributed by atoms with van der Waals surface area (Å²) in [5.41, 5.74) is 2.41. The van der Waals surface area contributed by atoms with Crippen molar-refractivity contribution >= 4 is 29.3 Å². The van der Waals surface area contributed by atoms with Crippen LogP contribution >= 0.6 is 23.4 Å². The minimum Gasteiger partial charge on any atom is -0.292 e. The fraction of sp³-hybridized carbons (Fsp3) is 0. The molecule has 0 aliphatic carbocycles.